The van der Waals surface area contributed by atoms with E-state index in [0.717, 1.165) is 0 Å². The fourth-order valence-corrected chi connectivity index (χ4v) is 7.07. The van der Waals surface area contributed by atoms with Crippen LogP contribution in [0.25, 0.3) is 11.4 Å². The highest BCUT2D eigenvalue weighted by Gasteiger charge is 2.34. The minimum atomic E-state index is -4.51. The van der Waals surface area contributed by atoms with Crippen molar-refractivity contribution in [3.8, 4) is 11.4 Å². The summed E-state index contributed by atoms with van der Waals surface area (Å²) in [6.07, 6.45) is 1.30. The van der Waals surface area contributed by atoms with Crippen molar-refractivity contribution >= 4 is 25.7 Å². The number of H-pyrrole nitrogens is 1. The number of nitrogens with zero attached hydrogens (tertiary/aromatic N) is 4. The van der Waals surface area contributed by atoms with Crippen LogP contribution in [0.4, 0.5) is 5.69 Å². The molecule has 0 aliphatic carbocycles. The van der Waals surface area contributed by atoms with Crippen LogP contribution in [0.15, 0.2) is 21.9 Å². The van der Waals surface area contributed by atoms with Gasteiger partial charge in [-0.2, -0.15) is 5.21 Å². The Hall–Kier alpha value is -2.21. The van der Waals surface area contributed by atoms with Gasteiger partial charge in [0.1, 0.15) is 9.79 Å². The maximum Gasteiger partial charge on any atom is 0.242 e. The van der Waals surface area contributed by atoms with Gasteiger partial charge in [-0.25, -0.2) is 26.7 Å². The number of nitrogens with two attached hydrogens (primary N) is 2. The molecule has 0 amide bonds. The molecule has 3 heterocycles. The molecule has 14 nitrogen and oxygen atoms in total. The lowest BCUT2D eigenvalue weighted by Gasteiger charge is -2.26. The van der Waals surface area contributed by atoms with Crippen LogP contribution in [0, 0.1) is 0 Å². The number of benzene rings is 1. The summed E-state index contributed by atoms with van der Waals surface area (Å²) < 4.78 is 54.6. The van der Waals surface area contributed by atoms with Gasteiger partial charge in [-0.15, -0.1) is 10.2 Å². The SMILES string of the molecule is NCC1CCN(c2ccc(S(=O)(=O)N[C@@H]3CCNC3)c(S(N)(=O)=O)c2-c2nn[nH]n2)CCN1. The zero-order valence-electron chi connectivity index (χ0n) is 17.9. The van der Waals surface area contributed by atoms with Crippen LogP contribution in [0.5, 0.6) is 0 Å². The van der Waals surface area contributed by atoms with E-state index in [1.165, 1.54) is 6.07 Å². The zero-order valence-corrected chi connectivity index (χ0v) is 19.5. The third kappa shape index (κ3) is 5.16. The second-order valence-electron chi connectivity index (χ2n) is 8.04. The van der Waals surface area contributed by atoms with E-state index in [1.807, 2.05) is 4.90 Å². The lowest BCUT2D eigenvalue weighted by molar-refractivity contribution is 0.533. The normalized spacial score (nSPS) is 22.4. The van der Waals surface area contributed by atoms with E-state index < -0.39 is 29.8 Å². The first-order valence-electron chi connectivity index (χ1n) is 10.6. The summed E-state index contributed by atoms with van der Waals surface area (Å²) in [4.78, 5) is 0.925. The summed E-state index contributed by atoms with van der Waals surface area (Å²) in [6.45, 7) is 3.27. The Kier molecular flexibility index (Phi) is 6.94. The highest BCUT2D eigenvalue weighted by molar-refractivity contribution is 7.92. The first-order valence-corrected chi connectivity index (χ1v) is 13.6. The average Bonchev–Trinajstić information content (AvgIpc) is 3.42. The van der Waals surface area contributed by atoms with E-state index in [-0.39, 0.29) is 23.5 Å². The van der Waals surface area contributed by atoms with Crippen molar-refractivity contribution in [1.82, 2.24) is 36.0 Å². The van der Waals surface area contributed by atoms with Gasteiger partial charge in [-0.3, -0.25) is 0 Å². The molecule has 16 heteroatoms. The number of anilines is 1. The number of hydrogen-bond donors (Lipinski definition) is 6. The molecule has 33 heavy (non-hydrogen) atoms. The van der Waals surface area contributed by atoms with Crippen molar-refractivity contribution in [2.24, 2.45) is 10.9 Å². The monoisotopic (exact) mass is 500 g/mol. The van der Waals surface area contributed by atoms with E-state index in [0.29, 0.717) is 57.8 Å². The summed E-state index contributed by atoms with van der Waals surface area (Å²) in [5.41, 5.74) is 6.23. The Labute approximate surface area is 192 Å². The van der Waals surface area contributed by atoms with E-state index >= 15 is 0 Å². The van der Waals surface area contributed by atoms with Gasteiger partial charge in [0.05, 0.1) is 5.56 Å². The quantitative estimate of drug-likeness (QED) is 0.230. The van der Waals surface area contributed by atoms with Gasteiger partial charge in [-0.1, -0.05) is 0 Å². The molecular formula is C17H28N10O4S2. The zero-order chi connectivity index (χ0) is 23.6. The van der Waals surface area contributed by atoms with E-state index in [1.54, 1.807) is 6.07 Å². The maximum atomic E-state index is 13.2. The lowest BCUT2D eigenvalue weighted by Crippen LogP contribution is -2.37. The molecule has 0 bridgehead atoms. The Morgan fingerprint density at radius 1 is 1.15 bits per heavy atom. The molecule has 1 aromatic carbocycles. The molecule has 2 aromatic rings. The molecule has 2 saturated heterocycles. The summed E-state index contributed by atoms with van der Waals surface area (Å²) in [5, 5.41) is 25.7. The third-order valence-corrected chi connectivity index (χ3v) is 8.50. The predicted octanol–water partition coefficient (Wildman–Crippen LogP) is -2.72. The van der Waals surface area contributed by atoms with Gasteiger partial charge in [-0.05, 0) is 36.7 Å². The summed E-state index contributed by atoms with van der Waals surface area (Å²) in [5.74, 6) is -0.0683. The predicted molar refractivity (Wildman–Crippen MR) is 120 cm³/mol. The van der Waals surface area contributed by atoms with Gasteiger partial charge >= 0.3 is 0 Å². The number of aromatic amines is 1. The highest BCUT2D eigenvalue weighted by Crippen LogP contribution is 2.38. The van der Waals surface area contributed by atoms with Gasteiger partial charge < -0.3 is 21.3 Å². The molecule has 4 rings (SSSR count). The van der Waals surface area contributed by atoms with Gasteiger partial charge in [0, 0.05) is 50.5 Å². The summed E-state index contributed by atoms with van der Waals surface area (Å²) in [7, 11) is -8.73. The van der Waals surface area contributed by atoms with Gasteiger partial charge in [0.2, 0.25) is 25.9 Å². The Morgan fingerprint density at radius 3 is 2.61 bits per heavy atom. The van der Waals surface area contributed by atoms with Crippen LogP contribution in [-0.2, 0) is 20.0 Å². The number of sulfonamides is 2. The fraction of sp³-hybridized carbons (Fsp3) is 0.588. The fourth-order valence-electron chi connectivity index (χ4n) is 4.20. The molecule has 182 valence electrons. The average molecular weight is 501 g/mol. The standard InChI is InChI=1S/C17H28N10O4S2/c18-9-11-4-7-27(8-6-21-11)13-1-2-14(33(30,31)24-12-3-5-20-10-12)16(32(19,28)29)15(13)17-22-25-26-23-17/h1-2,11-12,20-21,24H,3-10,18H2,(H2,19,28,29)(H,22,23,25,26)/t11?,12-/m1/s1. The molecule has 8 N–H and O–H groups in total. The number of tetrazole rings is 1. The first-order chi connectivity index (χ1) is 15.7. The molecule has 1 aromatic heterocycles. The molecule has 2 fully saturated rings. The van der Waals surface area contributed by atoms with Gasteiger partial charge in [0.15, 0.2) is 0 Å². The molecular weight excluding hydrogens is 472 g/mol. The van der Waals surface area contributed by atoms with Crippen LogP contribution in [0.1, 0.15) is 12.8 Å². The number of rotatable bonds is 7. The Balaban J connectivity index is 1.87. The van der Waals surface area contributed by atoms with Crippen molar-refractivity contribution in [2.75, 3.05) is 44.2 Å². The Bertz CT molecular complexity index is 1180. The third-order valence-electron chi connectivity index (χ3n) is 5.81. The van der Waals surface area contributed by atoms with Crippen molar-refractivity contribution in [3.05, 3.63) is 12.1 Å². The van der Waals surface area contributed by atoms with Crippen molar-refractivity contribution in [1.29, 1.82) is 0 Å². The summed E-state index contributed by atoms with van der Waals surface area (Å²) in [6, 6.07) is 2.58. The van der Waals surface area contributed by atoms with Crippen molar-refractivity contribution in [3.63, 3.8) is 0 Å². The van der Waals surface area contributed by atoms with Crippen LogP contribution in [-0.4, -0.2) is 88.8 Å². The highest BCUT2D eigenvalue weighted by atomic mass is 32.2. The molecule has 2 aliphatic rings. The number of hydrogen-bond acceptors (Lipinski definition) is 11. The number of nitrogens with one attached hydrogen (secondary N) is 4. The molecule has 1 unspecified atom stereocenters. The molecule has 0 spiro atoms. The second-order valence-corrected chi connectivity index (χ2v) is 11.2. The van der Waals surface area contributed by atoms with Crippen LogP contribution in [0.2, 0.25) is 0 Å². The van der Waals surface area contributed by atoms with Crippen LogP contribution in [0.3, 0.4) is 0 Å². The largest absolute Gasteiger partial charge is 0.370 e. The number of primary sulfonamides is 1. The topological polar surface area (TPSA) is 214 Å². The molecule has 2 aliphatic heterocycles. The molecule has 2 atom stereocenters. The van der Waals surface area contributed by atoms with E-state index in [2.05, 4.69) is 36.0 Å². The first kappa shape index (κ1) is 23.9. The minimum Gasteiger partial charge on any atom is -0.370 e. The van der Waals surface area contributed by atoms with Gasteiger partial charge in [0.25, 0.3) is 0 Å². The van der Waals surface area contributed by atoms with Crippen molar-refractivity contribution in [2.45, 2.75) is 34.7 Å². The van der Waals surface area contributed by atoms with E-state index in [4.69, 9.17) is 10.9 Å². The minimum absolute atomic E-state index is 0.00938. The Morgan fingerprint density at radius 2 is 1.97 bits per heavy atom. The smallest absolute Gasteiger partial charge is 0.242 e. The maximum absolute atomic E-state index is 13.2. The second kappa shape index (κ2) is 9.57. The van der Waals surface area contributed by atoms with Crippen LogP contribution < -0.4 is 31.1 Å². The lowest BCUT2D eigenvalue weighted by atomic mass is 10.1. The van der Waals surface area contributed by atoms with Crippen LogP contribution >= 0.6 is 0 Å². The number of aromatic nitrogens is 4. The molecule has 0 saturated carbocycles. The van der Waals surface area contributed by atoms with Crippen molar-refractivity contribution < 1.29 is 16.8 Å². The van der Waals surface area contributed by atoms with E-state index in [9.17, 15) is 16.8 Å². The summed E-state index contributed by atoms with van der Waals surface area (Å²) >= 11 is 0. The molecule has 0 radical (unpaired) electrons.